The Labute approximate surface area is 218 Å². The van der Waals surface area contributed by atoms with Crippen LogP contribution in [0, 0.1) is 0 Å². The highest BCUT2D eigenvalue weighted by Crippen LogP contribution is 2.30. The van der Waals surface area contributed by atoms with Gasteiger partial charge >= 0.3 is 0 Å². The Kier molecular flexibility index (Phi) is 8.68. The van der Waals surface area contributed by atoms with Crippen LogP contribution in [0.25, 0.3) is 0 Å². The maximum atomic E-state index is 13.3. The van der Waals surface area contributed by atoms with Gasteiger partial charge in [0.2, 0.25) is 0 Å². The third-order valence-electron chi connectivity index (χ3n) is 6.46. The molecule has 1 N–H and O–H groups in total. The fraction of sp³-hybridized carbons (Fsp3) is 0.321. The highest BCUT2D eigenvalue weighted by Gasteiger charge is 2.22. The Balaban J connectivity index is 1.39. The molecule has 1 aliphatic heterocycles. The van der Waals surface area contributed by atoms with E-state index in [1.807, 2.05) is 11.0 Å². The molecule has 1 fully saturated rings. The molecule has 0 bridgehead atoms. The highest BCUT2D eigenvalue weighted by atomic mass is 32.2. The molecule has 0 aliphatic carbocycles. The number of nitrogens with zero attached hydrogens (tertiary/aromatic N) is 2. The Bertz CT molecular complexity index is 1310. The summed E-state index contributed by atoms with van der Waals surface area (Å²) < 4.78 is 39.0. The first-order valence-corrected chi connectivity index (χ1v) is 13.8. The van der Waals surface area contributed by atoms with Crippen LogP contribution in [0.1, 0.15) is 22.3 Å². The zero-order chi connectivity index (χ0) is 26.3. The Morgan fingerprint density at radius 2 is 1.65 bits per heavy atom. The van der Waals surface area contributed by atoms with Crippen LogP contribution in [0.4, 0.5) is 5.69 Å². The van der Waals surface area contributed by atoms with Gasteiger partial charge in [0, 0.05) is 43.5 Å². The average molecular weight is 524 g/mol. The lowest BCUT2D eigenvalue weighted by Gasteiger charge is -2.22. The van der Waals surface area contributed by atoms with E-state index in [0.29, 0.717) is 35.8 Å². The molecule has 9 heteroatoms. The van der Waals surface area contributed by atoms with Gasteiger partial charge in [0.15, 0.2) is 11.5 Å². The van der Waals surface area contributed by atoms with E-state index in [9.17, 15) is 13.2 Å². The van der Waals surface area contributed by atoms with Crippen LogP contribution in [-0.2, 0) is 16.4 Å². The lowest BCUT2D eigenvalue weighted by molar-refractivity contribution is 0.0761. The molecule has 0 aromatic heterocycles. The molecule has 4 rings (SSSR count). The van der Waals surface area contributed by atoms with Crippen molar-refractivity contribution in [1.29, 1.82) is 0 Å². The first-order valence-electron chi connectivity index (χ1n) is 12.3. The zero-order valence-electron chi connectivity index (χ0n) is 21.2. The van der Waals surface area contributed by atoms with E-state index < -0.39 is 10.0 Å². The summed E-state index contributed by atoms with van der Waals surface area (Å²) in [5.41, 5.74) is 2.08. The van der Waals surface area contributed by atoms with Gasteiger partial charge in [-0.2, -0.15) is 0 Å². The summed E-state index contributed by atoms with van der Waals surface area (Å²) in [6, 6.07) is 21.4. The lowest BCUT2D eigenvalue weighted by atomic mass is 10.1. The first-order chi connectivity index (χ1) is 17.9. The van der Waals surface area contributed by atoms with E-state index in [2.05, 4.69) is 33.9 Å². The second-order valence-electron chi connectivity index (χ2n) is 8.93. The van der Waals surface area contributed by atoms with Crippen molar-refractivity contribution >= 4 is 21.6 Å². The number of nitrogens with one attached hydrogen (secondary N) is 1. The van der Waals surface area contributed by atoms with Gasteiger partial charge < -0.3 is 19.3 Å². The van der Waals surface area contributed by atoms with Gasteiger partial charge in [0.25, 0.3) is 15.9 Å². The van der Waals surface area contributed by atoms with Crippen LogP contribution in [0.5, 0.6) is 11.5 Å². The number of ether oxygens (including phenoxy) is 2. The summed E-state index contributed by atoms with van der Waals surface area (Å²) in [5, 5.41) is 0. The van der Waals surface area contributed by atoms with Crippen molar-refractivity contribution in [3.8, 4) is 11.5 Å². The van der Waals surface area contributed by atoms with E-state index in [0.717, 1.165) is 32.5 Å². The molecule has 0 radical (unpaired) electrons. The maximum absolute atomic E-state index is 13.3. The predicted molar refractivity (Wildman–Crippen MR) is 144 cm³/mol. The fourth-order valence-corrected chi connectivity index (χ4v) is 5.49. The number of sulfonamides is 1. The molecular formula is C28H33N3O5S. The minimum Gasteiger partial charge on any atom is -0.493 e. The molecule has 0 unspecified atom stereocenters. The molecule has 196 valence electrons. The summed E-state index contributed by atoms with van der Waals surface area (Å²) >= 11 is 0. The van der Waals surface area contributed by atoms with E-state index >= 15 is 0 Å². The smallest absolute Gasteiger partial charge is 0.262 e. The van der Waals surface area contributed by atoms with Crippen molar-refractivity contribution in [1.82, 2.24) is 9.80 Å². The predicted octanol–water partition coefficient (Wildman–Crippen LogP) is 3.90. The van der Waals surface area contributed by atoms with Crippen molar-refractivity contribution < 1.29 is 22.7 Å². The van der Waals surface area contributed by atoms with Gasteiger partial charge in [-0.15, -0.1) is 0 Å². The number of rotatable bonds is 9. The number of carbonyl (C=O) groups excluding carboxylic acids is 1. The number of hydrogen-bond donors (Lipinski definition) is 1. The van der Waals surface area contributed by atoms with Crippen LogP contribution < -0.4 is 14.2 Å². The minimum absolute atomic E-state index is 0.0324. The van der Waals surface area contributed by atoms with E-state index in [4.69, 9.17) is 9.47 Å². The van der Waals surface area contributed by atoms with Gasteiger partial charge in [0.1, 0.15) is 0 Å². The molecule has 0 saturated carbocycles. The van der Waals surface area contributed by atoms with Gasteiger partial charge in [0.05, 0.1) is 19.1 Å². The first kappa shape index (κ1) is 26.5. The molecule has 0 spiro atoms. The molecule has 3 aromatic carbocycles. The molecule has 1 amide bonds. The number of carbonyl (C=O) groups is 1. The zero-order valence-corrected chi connectivity index (χ0v) is 22.0. The van der Waals surface area contributed by atoms with Crippen LogP contribution in [0.2, 0.25) is 0 Å². The Morgan fingerprint density at radius 3 is 2.41 bits per heavy atom. The molecule has 0 atom stereocenters. The monoisotopic (exact) mass is 523 g/mol. The fourth-order valence-electron chi connectivity index (χ4n) is 4.43. The van der Waals surface area contributed by atoms with Gasteiger partial charge in [-0.05, 0) is 55.3 Å². The number of anilines is 1. The molecule has 37 heavy (non-hydrogen) atoms. The molecule has 3 aromatic rings. The average Bonchev–Trinajstić information content (AvgIpc) is 3.17. The van der Waals surface area contributed by atoms with Crippen molar-refractivity contribution in [2.75, 3.05) is 51.7 Å². The van der Waals surface area contributed by atoms with Crippen molar-refractivity contribution in [3.05, 3.63) is 83.9 Å². The second-order valence-corrected chi connectivity index (χ2v) is 10.6. The van der Waals surface area contributed by atoms with E-state index in [1.165, 1.54) is 38.0 Å². The van der Waals surface area contributed by atoms with Crippen molar-refractivity contribution in [2.24, 2.45) is 0 Å². The molecule has 1 heterocycles. The standard InChI is InChI=1S/C28H33N3O5S/c1-35-26-13-12-25(21-27(26)36-2)37(33,34)29-24-11-6-10-23(20-24)28(32)31-16-7-15-30(18-19-31)17-14-22-8-4-3-5-9-22/h3-6,8-13,20-21,29H,7,14-19H2,1-2H3. The summed E-state index contributed by atoms with van der Waals surface area (Å²) in [4.78, 5) is 17.6. The van der Waals surface area contributed by atoms with Gasteiger partial charge in [-0.1, -0.05) is 36.4 Å². The number of hydrogen-bond acceptors (Lipinski definition) is 6. The molecule has 8 nitrogen and oxygen atoms in total. The number of benzene rings is 3. The normalized spacial score (nSPS) is 14.6. The lowest BCUT2D eigenvalue weighted by Crippen LogP contribution is -2.35. The topological polar surface area (TPSA) is 88.2 Å². The molecule has 1 aliphatic rings. The van der Waals surface area contributed by atoms with Crippen LogP contribution in [0.3, 0.4) is 0 Å². The highest BCUT2D eigenvalue weighted by molar-refractivity contribution is 7.92. The maximum Gasteiger partial charge on any atom is 0.262 e. The summed E-state index contributed by atoms with van der Waals surface area (Å²) in [7, 11) is -0.966. The Morgan fingerprint density at radius 1 is 0.865 bits per heavy atom. The van der Waals surface area contributed by atoms with Crippen LogP contribution in [0.15, 0.2) is 77.7 Å². The quantitative estimate of drug-likeness (QED) is 0.458. The molecular weight excluding hydrogens is 490 g/mol. The summed E-state index contributed by atoms with van der Waals surface area (Å²) in [6.07, 6.45) is 1.88. The van der Waals surface area contributed by atoms with Gasteiger partial charge in [-0.25, -0.2) is 8.42 Å². The second kappa shape index (κ2) is 12.1. The van der Waals surface area contributed by atoms with Crippen molar-refractivity contribution in [3.63, 3.8) is 0 Å². The largest absolute Gasteiger partial charge is 0.493 e. The summed E-state index contributed by atoms with van der Waals surface area (Å²) in [5.74, 6) is 0.649. The minimum atomic E-state index is -3.90. The van der Waals surface area contributed by atoms with E-state index in [1.54, 1.807) is 24.3 Å². The summed E-state index contributed by atoms with van der Waals surface area (Å²) in [6.45, 7) is 4.02. The van der Waals surface area contributed by atoms with Crippen molar-refractivity contribution in [2.45, 2.75) is 17.7 Å². The number of amides is 1. The Hall–Kier alpha value is -3.56. The molecule has 1 saturated heterocycles. The third-order valence-corrected chi connectivity index (χ3v) is 7.84. The van der Waals surface area contributed by atoms with Crippen LogP contribution >= 0.6 is 0 Å². The van der Waals surface area contributed by atoms with Gasteiger partial charge in [-0.3, -0.25) is 9.52 Å². The van der Waals surface area contributed by atoms with E-state index in [-0.39, 0.29) is 10.8 Å². The SMILES string of the molecule is COc1ccc(S(=O)(=O)Nc2cccc(C(=O)N3CCCN(CCc4ccccc4)CC3)c2)cc1OC. The number of methoxy groups -OCH3 is 2. The van der Waals surface area contributed by atoms with Crippen LogP contribution in [-0.4, -0.2) is 71.1 Å². The third kappa shape index (κ3) is 6.81.